The van der Waals surface area contributed by atoms with E-state index in [0.29, 0.717) is 23.7 Å². The maximum absolute atomic E-state index is 12.7. The summed E-state index contributed by atoms with van der Waals surface area (Å²) in [4.78, 5) is 14.6. The molecule has 4 heteroatoms. The normalized spacial score (nSPS) is 21.5. The highest BCUT2D eigenvalue weighted by molar-refractivity contribution is 6.33. The summed E-state index contributed by atoms with van der Waals surface area (Å²) >= 11 is 6.14. The molecule has 1 aromatic rings. The van der Waals surface area contributed by atoms with E-state index in [-0.39, 0.29) is 17.6 Å². The molecule has 110 valence electrons. The van der Waals surface area contributed by atoms with Gasteiger partial charge in [-0.05, 0) is 45.7 Å². The molecule has 0 saturated carbocycles. The minimum atomic E-state index is -0.170. The molecule has 1 heterocycles. The van der Waals surface area contributed by atoms with E-state index in [1.54, 1.807) is 12.1 Å². The largest absolute Gasteiger partial charge is 0.375 e. The molecular weight excluding hydrogens is 274 g/mol. The zero-order valence-corrected chi connectivity index (χ0v) is 13.1. The van der Waals surface area contributed by atoms with Crippen molar-refractivity contribution in [2.24, 2.45) is 0 Å². The third-order valence-electron chi connectivity index (χ3n) is 3.82. The van der Waals surface area contributed by atoms with Crippen molar-refractivity contribution in [3.05, 3.63) is 34.9 Å². The van der Waals surface area contributed by atoms with Gasteiger partial charge < -0.3 is 9.64 Å². The maximum Gasteiger partial charge on any atom is 0.255 e. The number of ether oxygens (including phenoxy) is 1. The summed E-state index contributed by atoms with van der Waals surface area (Å²) in [7, 11) is 0. The molecule has 3 nitrogen and oxygen atoms in total. The van der Waals surface area contributed by atoms with E-state index in [1.807, 2.05) is 24.0 Å². The second kappa shape index (κ2) is 6.15. The molecule has 0 bridgehead atoms. The molecule has 0 aliphatic carbocycles. The molecule has 0 N–H and O–H groups in total. The van der Waals surface area contributed by atoms with Crippen LogP contribution < -0.4 is 0 Å². The van der Waals surface area contributed by atoms with Crippen LogP contribution in [-0.4, -0.2) is 35.6 Å². The minimum absolute atomic E-state index is 0.0146. The highest BCUT2D eigenvalue weighted by Crippen LogP contribution is 2.29. The van der Waals surface area contributed by atoms with Crippen LogP contribution >= 0.6 is 11.6 Å². The van der Waals surface area contributed by atoms with Crippen LogP contribution in [0.2, 0.25) is 5.02 Å². The van der Waals surface area contributed by atoms with Gasteiger partial charge in [-0.15, -0.1) is 0 Å². The molecule has 1 aliphatic heterocycles. The number of carbonyl (C=O) groups excluding carboxylic acids is 1. The van der Waals surface area contributed by atoms with E-state index in [4.69, 9.17) is 16.3 Å². The van der Waals surface area contributed by atoms with Gasteiger partial charge in [-0.3, -0.25) is 4.79 Å². The number of halogens is 1. The number of rotatable bonds is 3. The Balaban J connectivity index is 2.20. The lowest BCUT2D eigenvalue weighted by molar-refractivity contribution is -0.0777. The zero-order chi connectivity index (χ0) is 14.8. The van der Waals surface area contributed by atoms with Crippen molar-refractivity contribution in [2.45, 2.75) is 45.3 Å². The first-order valence-electron chi connectivity index (χ1n) is 7.14. The Morgan fingerprint density at radius 1 is 1.45 bits per heavy atom. The van der Waals surface area contributed by atoms with Crippen molar-refractivity contribution in [3.63, 3.8) is 0 Å². The van der Waals surface area contributed by atoms with Gasteiger partial charge in [-0.1, -0.05) is 23.7 Å². The van der Waals surface area contributed by atoms with E-state index in [2.05, 4.69) is 13.8 Å². The number of benzene rings is 1. The van der Waals surface area contributed by atoms with Crippen molar-refractivity contribution >= 4 is 17.5 Å². The van der Waals surface area contributed by atoms with E-state index in [1.165, 1.54) is 0 Å². The highest BCUT2D eigenvalue weighted by atomic mass is 35.5. The SMILES string of the molecule is CCN(C(=O)c1ccccc1Cl)C1CCOC(C)(C)C1. The summed E-state index contributed by atoms with van der Waals surface area (Å²) in [6.07, 6.45) is 1.74. The number of amides is 1. The smallest absolute Gasteiger partial charge is 0.255 e. The monoisotopic (exact) mass is 295 g/mol. The highest BCUT2D eigenvalue weighted by Gasteiger charge is 2.34. The Kier molecular flexibility index (Phi) is 4.71. The van der Waals surface area contributed by atoms with Crippen LogP contribution in [-0.2, 0) is 4.74 Å². The molecule has 1 saturated heterocycles. The molecule has 0 aromatic heterocycles. The van der Waals surface area contributed by atoms with E-state index in [0.717, 1.165) is 12.8 Å². The quantitative estimate of drug-likeness (QED) is 0.850. The van der Waals surface area contributed by atoms with Crippen LogP contribution in [0, 0.1) is 0 Å². The molecule has 1 aliphatic rings. The fourth-order valence-electron chi connectivity index (χ4n) is 2.82. The van der Waals surface area contributed by atoms with Crippen LogP contribution in [0.1, 0.15) is 44.0 Å². The van der Waals surface area contributed by atoms with Crippen LogP contribution in [0.5, 0.6) is 0 Å². The number of carbonyl (C=O) groups is 1. The van der Waals surface area contributed by atoms with Crippen molar-refractivity contribution in [2.75, 3.05) is 13.2 Å². The average molecular weight is 296 g/mol. The van der Waals surface area contributed by atoms with Crippen LogP contribution in [0.25, 0.3) is 0 Å². The first kappa shape index (κ1) is 15.3. The van der Waals surface area contributed by atoms with Crippen molar-refractivity contribution in [3.8, 4) is 0 Å². The molecule has 0 spiro atoms. The summed E-state index contributed by atoms with van der Waals surface area (Å²) in [5, 5.41) is 0.516. The third-order valence-corrected chi connectivity index (χ3v) is 4.15. The molecule has 1 amide bonds. The molecule has 1 aromatic carbocycles. The fourth-order valence-corrected chi connectivity index (χ4v) is 3.04. The summed E-state index contributed by atoms with van der Waals surface area (Å²) in [5.41, 5.74) is 0.414. The van der Waals surface area contributed by atoms with Gasteiger partial charge in [0.25, 0.3) is 5.91 Å². The third kappa shape index (κ3) is 3.33. The standard InChI is InChI=1S/C16H22ClNO2/c1-4-18(12-9-10-20-16(2,3)11-12)15(19)13-7-5-6-8-14(13)17/h5-8,12H,4,9-11H2,1-3H3. The Morgan fingerprint density at radius 2 is 2.15 bits per heavy atom. The summed E-state index contributed by atoms with van der Waals surface area (Å²) in [5.74, 6) is 0.0146. The molecule has 20 heavy (non-hydrogen) atoms. The Bertz CT molecular complexity index is 487. The summed E-state index contributed by atoms with van der Waals surface area (Å²) in [6, 6.07) is 7.45. The lowest BCUT2D eigenvalue weighted by Gasteiger charge is -2.41. The van der Waals surface area contributed by atoms with Crippen molar-refractivity contribution < 1.29 is 9.53 Å². The minimum Gasteiger partial charge on any atom is -0.375 e. The van der Waals surface area contributed by atoms with Crippen molar-refractivity contribution in [1.29, 1.82) is 0 Å². The lowest BCUT2D eigenvalue weighted by Crippen LogP contribution is -2.48. The first-order valence-corrected chi connectivity index (χ1v) is 7.52. The van der Waals surface area contributed by atoms with Gasteiger partial charge >= 0.3 is 0 Å². The first-order chi connectivity index (χ1) is 9.44. The van der Waals surface area contributed by atoms with Gasteiger partial charge in [0, 0.05) is 19.2 Å². The Hall–Kier alpha value is -1.06. The van der Waals surface area contributed by atoms with Crippen molar-refractivity contribution in [1.82, 2.24) is 4.90 Å². The molecule has 0 radical (unpaired) electrons. The molecule has 1 atom stereocenters. The van der Waals surface area contributed by atoms with E-state index in [9.17, 15) is 4.79 Å². The second-order valence-electron chi connectivity index (χ2n) is 5.83. The van der Waals surface area contributed by atoms with Gasteiger partial charge in [-0.2, -0.15) is 0 Å². The fraction of sp³-hybridized carbons (Fsp3) is 0.562. The average Bonchev–Trinajstić information content (AvgIpc) is 2.39. The van der Waals surface area contributed by atoms with Gasteiger partial charge in [-0.25, -0.2) is 0 Å². The lowest BCUT2D eigenvalue weighted by atomic mass is 9.92. The predicted molar refractivity (Wildman–Crippen MR) is 81.2 cm³/mol. The van der Waals surface area contributed by atoms with Gasteiger partial charge in [0.05, 0.1) is 16.2 Å². The van der Waals surface area contributed by atoms with Crippen LogP contribution in [0.4, 0.5) is 0 Å². The zero-order valence-electron chi connectivity index (χ0n) is 12.4. The number of hydrogen-bond donors (Lipinski definition) is 0. The van der Waals surface area contributed by atoms with E-state index < -0.39 is 0 Å². The molecular formula is C16H22ClNO2. The molecule has 1 fully saturated rings. The second-order valence-corrected chi connectivity index (χ2v) is 6.23. The van der Waals surface area contributed by atoms with Crippen LogP contribution in [0.15, 0.2) is 24.3 Å². The maximum atomic E-state index is 12.7. The molecule has 1 unspecified atom stereocenters. The summed E-state index contributed by atoms with van der Waals surface area (Å²) in [6.45, 7) is 7.55. The van der Waals surface area contributed by atoms with Gasteiger partial charge in [0.2, 0.25) is 0 Å². The number of hydrogen-bond acceptors (Lipinski definition) is 2. The van der Waals surface area contributed by atoms with E-state index >= 15 is 0 Å². The van der Waals surface area contributed by atoms with Gasteiger partial charge in [0.1, 0.15) is 0 Å². The van der Waals surface area contributed by atoms with Crippen LogP contribution in [0.3, 0.4) is 0 Å². The predicted octanol–water partition coefficient (Wildman–Crippen LogP) is 3.76. The number of nitrogens with zero attached hydrogens (tertiary/aromatic N) is 1. The Morgan fingerprint density at radius 3 is 2.75 bits per heavy atom. The van der Waals surface area contributed by atoms with Gasteiger partial charge in [0.15, 0.2) is 0 Å². The topological polar surface area (TPSA) is 29.5 Å². The Labute approximate surface area is 125 Å². The summed E-state index contributed by atoms with van der Waals surface area (Å²) < 4.78 is 5.74. The molecule has 2 rings (SSSR count).